The minimum Gasteiger partial charge on any atom is 0 e. The van der Waals surface area contributed by atoms with Gasteiger partial charge in [-0.25, -0.2) is 0 Å². The van der Waals surface area contributed by atoms with E-state index in [1.54, 1.807) is 0 Å². The Hall–Kier alpha value is -2.00. The molecule has 0 aromatic heterocycles. The first-order valence-corrected chi connectivity index (χ1v) is 19.3. The Morgan fingerprint density at radius 2 is 1.10 bits per heavy atom. The molecule has 41 heavy (non-hydrogen) atoms. The Balaban J connectivity index is 0. The summed E-state index contributed by atoms with van der Waals surface area (Å²) in [5.74, 6) is 0.367. The zero-order valence-electron chi connectivity index (χ0n) is 26.0. The van der Waals surface area contributed by atoms with E-state index < -0.39 is 21.7 Å². The second-order valence-electron chi connectivity index (χ2n) is 12.0. The fourth-order valence-electron chi connectivity index (χ4n) is 7.38. The van der Waals surface area contributed by atoms with Gasteiger partial charge in [0.25, 0.3) is 0 Å². The van der Waals surface area contributed by atoms with Gasteiger partial charge in [0.1, 0.15) is 5.60 Å². The third-order valence-corrected chi connectivity index (χ3v) is 17.8. The van der Waals surface area contributed by atoms with Gasteiger partial charge < -0.3 is 4.74 Å². The van der Waals surface area contributed by atoms with Crippen LogP contribution in [0.3, 0.4) is 0 Å². The summed E-state index contributed by atoms with van der Waals surface area (Å²) in [5, 5.41) is 1.15. The van der Waals surface area contributed by atoms with E-state index in [0.29, 0.717) is 22.4 Å². The van der Waals surface area contributed by atoms with Crippen molar-refractivity contribution in [3.05, 3.63) is 96.9 Å². The molecule has 0 aliphatic heterocycles. The van der Waals surface area contributed by atoms with Gasteiger partial charge in [0.15, 0.2) is 5.78 Å². The number of ether oxygens (including phenoxy) is 1. The number of carbonyl (C=O) groups excluding carboxylic acids is 1. The molecule has 2 atom stereocenters. The number of carbonyl (C=O) groups is 1. The summed E-state index contributed by atoms with van der Waals surface area (Å²) in [5.41, 5.74) is 3.78. The Bertz CT molecular complexity index is 1140. The van der Waals surface area contributed by atoms with E-state index in [1.165, 1.54) is 0 Å². The fourth-order valence-corrected chi connectivity index (χ4v) is 17.2. The fraction of sp³-hybridized carbons (Fsp3) is 0.455. The van der Waals surface area contributed by atoms with Crippen LogP contribution < -0.4 is 0 Å². The van der Waals surface area contributed by atoms with Crippen molar-refractivity contribution >= 4 is 27.5 Å². The molecule has 8 heteroatoms. The van der Waals surface area contributed by atoms with Gasteiger partial charge in [0.05, 0.1) is 21.7 Å². The molecule has 1 aliphatic rings. The molecule has 0 saturated carbocycles. The molecule has 0 heterocycles. The topological polar surface area (TPSA) is 86.0 Å². The van der Waals surface area contributed by atoms with Gasteiger partial charge in [-0.2, -0.15) is 0 Å². The van der Waals surface area contributed by atoms with Crippen molar-refractivity contribution in [2.75, 3.05) is 7.11 Å². The third kappa shape index (κ3) is 7.50. The summed E-state index contributed by atoms with van der Waals surface area (Å²) in [6.45, 7) is 34.6. The molecule has 0 bridgehead atoms. The SMILES string of the molecule is CO[C@]1(c2ccccc2)C(c2ccccc2)=C([Si](C(C)C)(C(C)C)C(C)C)C(=O)[C@H]1[Si](C)(C)C.[C-]#[O+].[C-]#[O+].[C-]#[O+].[Cr]. The molecule has 1 aliphatic carbocycles. The van der Waals surface area contributed by atoms with E-state index in [9.17, 15) is 4.79 Å². The minimum atomic E-state index is -2.29. The Kier molecular flexibility index (Phi) is 17.9. The maximum Gasteiger partial charge on any atom is 0 e. The van der Waals surface area contributed by atoms with Crippen LogP contribution in [0.1, 0.15) is 52.7 Å². The average molecular weight is 629 g/mol. The number of hydrogen-bond donors (Lipinski definition) is 0. The molecule has 0 N–H and O–H groups in total. The Labute approximate surface area is 260 Å². The molecule has 5 nitrogen and oxygen atoms in total. The summed E-state index contributed by atoms with van der Waals surface area (Å²) in [4.78, 5) is 15.0. The monoisotopic (exact) mass is 628 g/mol. The predicted octanol–water partition coefficient (Wildman–Crippen LogP) is 8.38. The maximum absolute atomic E-state index is 15.0. The van der Waals surface area contributed by atoms with Gasteiger partial charge in [0.2, 0.25) is 0 Å². The molecule has 3 rings (SSSR count). The van der Waals surface area contributed by atoms with Crippen molar-refractivity contribution < 1.29 is 40.8 Å². The number of allylic oxidation sites excluding steroid dienone is 1. The van der Waals surface area contributed by atoms with Crippen LogP contribution in [0.2, 0.25) is 41.8 Å². The van der Waals surface area contributed by atoms with E-state index in [-0.39, 0.29) is 22.9 Å². The summed E-state index contributed by atoms with van der Waals surface area (Å²) in [7, 11) is -2.49. The molecular weight excluding hydrogens is 585 g/mol. The van der Waals surface area contributed by atoms with Crippen LogP contribution in [0.4, 0.5) is 0 Å². The summed E-state index contributed by atoms with van der Waals surface area (Å²) < 4.78 is 29.2. The van der Waals surface area contributed by atoms with Crippen LogP contribution in [-0.2, 0) is 46.5 Å². The van der Waals surface area contributed by atoms with Crippen molar-refractivity contribution in [2.45, 2.75) is 88.9 Å². The first-order valence-electron chi connectivity index (χ1n) is 13.4. The van der Waals surface area contributed by atoms with Crippen molar-refractivity contribution in [3.8, 4) is 0 Å². The molecule has 0 fully saturated rings. The van der Waals surface area contributed by atoms with Gasteiger partial charge in [-0.1, -0.05) is 122 Å². The molecule has 2 aromatic rings. The number of rotatable bonds is 8. The standard InChI is InChI=1S/C30H44O2Si2.3CO.Cr/c1-21(2)34(22(3)4,23(5)6)28-26(24-17-13-11-14-18-24)30(32-7,25-19-15-12-16-20-25)29(27(28)31)33(8,9)10;3*1-2;/h11-23,29H,1-10H3;;;;/t29-,30-;;;;/m1..../s1. The van der Waals surface area contributed by atoms with Crippen molar-refractivity contribution in [3.63, 3.8) is 0 Å². The Morgan fingerprint density at radius 3 is 1.41 bits per heavy atom. The molecule has 0 saturated heterocycles. The van der Waals surface area contributed by atoms with E-state index in [2.05, 4.69) is 142 Å². The van der Waals surface area contributed by atoms with Crippen molar-refractivity contribution in [2.24, 2.45) is 0 Å². The van der Waals surface area contributed by atoms with Crippen LogP contribution in [0.15, 0.2) is 65.9 Å². The number of ketones is 1. The largest absolute Gasteiger partial charge is 0 e. The van der Waals surface area contributed by atoms with Crippen LogP contribution >= 0.6 is 0 Å². The minimum absolute atomic E-state index is 0. The smallest absolute Gasteiger partial charge is 0 e. The van der Waals surface area contributed by atoms with Crippen LogP contribution in [0, 0.1) is 20.0 Å². The zero-order chi connectivity index (χ0) is 31.5. The predicted molar refractivity (Wildman–Crippen MR) is 163 cm³/mol. The molecule has 0 radical (unpaired) electrons. The molecule has 0 amide bonds. The average Bonchev–Trinajstić information content (AvgIpc) is 3.22. The molecular formula is C33H44CrO5Si2. The van der Waals surface area contributed by atoms with Crippen LogP contribution in [-0.4, -0.2) is 29.0 Å². The first-order chi connectivity index (χ1) is 18.9. The van der Waals surface area contributed by atoms with Crippen molar-refractivity contribution in [1.82, 2.24) is 0 Å². The second kappa shape index (κ2) is 17.8. The summed E-state index contributed by atoms with van der Waals surface area (Å²) in [6.07, 6.45) is 0. The zero-order valence-corrected chi connectivity index (χ0v) is 29.3. The normalized spacial score (nSPS) is 18.3. The first kappa shape index (κ1) is 41.1. The number of methoxy groups -OCH3 is 1. The number of Topliss-reactive ketones (excluding diaryl/α,β-unsaturated/α-hetero) is 1. The Morgan fingerprint density at radius 1 is 0.732 bits per heavy atom. The summed E-state index contributed by atoms with van der Waals surface area (Å²) in [6, 6.07) is 21.2. The molecule has 220 valence electrons. The van der Waals surface area contributed by atoms with Gasteiger partial charge in [-0.15, -0.1) is 0 Å². The van der Waals surface area contributed by atoms with E-state index in [0.717, 1.165) is 21.9 Å². The molecule has 2 aromatic carbocycles. The quantitative estimate of drug-likeness (QED) is 0.167. The molecule has 0 unspecified atom stereocenters. The van der Waals surface area contributed by atoms with Gasteiger partial charge in [0, 0.05) is 24.5 Å². The van der Waals surface area contributed by atoms with Crippen LogP contribution in [0.25, 0.3) is 5.57 Å². The van der Waals surface area contributed by atoms with E-state index in [4.69, 9.17) is 18.7 Å². The summed E-state index contributed by atoms with van der Waals surface area (Å²) >= 11 is 0. The molecule has 0 spiro atoms. The number of benzene rings is 2. The van der Waals surface area contributed by atoms with E-state index in [1.807, 2.05) is 7.11 Å². The van der Waals surface area contributed by atoms with Crippen molar-refractivity contribution in [1.29, 1.82) is 0 Å². The van der Waals surface area contributed by atoms with Crippen LogP contribution in [0.5, 0.6) is 0 Å². The van der Waals surface area contributed by atoms with Gasteiger partial charge >= 0.3 is 33.9 Å². The second-order valence-corrected chi connectivity index (χ2v) is 23.1. The maximum atomic E-state index is 15.0. The number of hydrogen-bond acceptors (Lipinski definition) is 2. The van der Waals surface area contributed by atoms with Gasteiger partial charge in [-0.05, 0) is 38.5 Å². The van der Waals surface area contributed by atoms with E-state index >= 15 is 0 Å². The third-order valence-electron chi connectivity index (χ3n) is 8.29. The van der Waals surface area contributed by atoms with Gasteiger partial charge in [-0.3, -0.25) is 4.79 Å².